The Morgan fingerprint density at radius 3 is 1.63 bits per heavy atom. The molecule has 9 heteroatoms. The van der Waals surface area contributed by atoms with Crippen LogP contribution in [0.15, 0.2) is 4.99 Å². The van der Waals surface area contributed by atoms with Crippen molar-refractivity contribution in [3.8, 4) is 0 Å². The zero-order valence-corrected chi connectivity index (χ0v) is 11.1. The summed E-state index contributed by atoms with van der Waals surface area (Å²) in [5.41, 5.74) is 10.2. The fourth-order valence-electron chi connectivity index (χ4n) is 0.776. The Balaban J connectivity index is 0. The average Bonchev–Trinajstić information content (AvgIpc) is 2.23. The number of nitrogens with two attached hydrogens (primary N) is 2. The van der Waals surface area contributed by atoms with E-state index in [9.17, 15) is 9.59 Å². The Morgan fingerprint density at radius 1 is 1.11 bits per heavy atom. The Bertz CT molecular complexity index is 325. The molecular formula is C10H21N5O4. The lowest BCUT2D eigenvalue weighted by atomic mass is 10.2. The number of nitrogens with one attached hydrogen (secondary N) is 1. The highest BCUT2D eigenvalue weighted by Crippen LogP contribution is 1.98. The molecule has 7 N–H and O–H groups in total. The molecule has 0 aliphatic heterocycles. The van der Waals surface area contributed by atoms with E-state index in [4.69, 9.17) is 27.1 Å². The van der Waals surface area contributed by atoms with Crippen LogP contribution in [0.3, 0.4) is 0 Å². The van der Waals surface area contributed by atoms with Crippen LogP contribution in [0.4, 0.5) is 0 Å². The summed E-state index contributed by atoms with van der Waals surface area (Å²) >= 11 is 0. The molecule has 0 aromatic heterocycles. The van der Waals surface area contributed by atoms with E-state index in [1.807, 2.05) is 0 Å². The quantitative estimate of drug-likeness (QED) is 0.255. The molecule has 0 bridgehead atoms. The molecule has 0 spiro atoms. The number of nitrogens with zero attached hydrogens (tertiary/aromatic N) is 2. The molecule has 0 aliphatic rings. The Morgan fingerprint density at radius 2 is 1.47 bits per heavy atom. The number of guanidine groups is 2. The number of carboxylic acids is 2. The summed E-state index contributed by atoms with van der Waals surface area (Å²) in [6.07, 6.45) is 1.02. The standard InChI is InChI=1S/C6H10O4.C4H11N5/c7-5(8)3-1-2-4-6(9)10;1-9(2)4(7)8-3(5)6/h1-4H2,(H,7,8)(H,9,10);1-2H3,(H5,5,6,7,8). The van der Waals surface area contributed by atoms with Gasteiger partial charge in [0.2, 0.25) is 5.96 Å². The van der Waals surface area contributed by atoms with Gasteiger partial charge in [0.25, 0.3) is 0 Å². The molecule has 0 aliphatic carbocycles. The third kappa shape index (κ3) is 18.3. The van der Waals surface area contributed by atoms with Crippen molar-refractivity contribution < 1.29 is 19.8 Å². The number of carboxylic acid groups (broad SMARTS) is 2. The number of rotatable bonds is 5. The molecular weight excluding hydrogens is 254 g/mol. The lowest BCUT2D eigenvalue weighted by molar-refractivity contribution is -0.139. The summed E-state index contributed by atoms with van der Waals surface area (Å²) in [4.78, 5) is 24.8. The fourth-order valence-corrected chi connectivity index (χ4v) is 0.776. The van der Waals surface area contributed by atoms with E-state index in [-0.39, 0.29) is 24.8 Å². The third-order valence-electron chi connectivity index (χ3n) is 1.72. The van der Waals surface area contributed by atoms with E-state index < -0.39 is 11.9 Å². The minimum Gasteiger partial charge on any atom is -0.481 e. The van der Waals surface area contributed by atoms with E-state index >= 15 is 0 Å². The van der Waals surface area contributed by atoms with Gasteiger partial charge in [-0.15, -0.1) is 0 Å². The molecule has 9 nitrogen and oxygen atoms in total. The van der Waals surface area contributed by atoms with Crippen LogP contribution in [0.1, 0.15) is 25.7 Å². The Hall–Kier alpha value is -2.32. The molecule has 0 rings (SSSR count). The van der Waals surface area contributed by atoms with Crippen LogP contribution in [0.5, 0.6) is 0 Å². The Labute approximate surface area is 111 Å². The molecule has 0 saturated carbocycles. The zero-order valence-electron chi connectivity index (χ0n) is 11.1. The normalized spacial score (nSPS) is 10.1. The van der Waals surface area contributed by atoms with E-state index in [1.165, 1.54) is 0 Å². The van der Waals surface area contributed by atoms with Crippen LogP contribution in [0.25, 0.3) is 0 Å². The van der Waals surface area contributed by atoms with Crippen LogP contribution in [0, 0.1) is 5.41 Å². The highest BCUT2D eigenvalue weighted by atomic mass is 16.4. The van der Waals surface area contributed by atoms with E-state index in [0.717, 1.165) is 0 Å². The molecule has 110 valence electrons. The topological polar surface area (TPSA) is 166 Å². The number of hydrogen-bond acceptors (Lipinski definition) is 3. The van der Waals surface area contributed by atoms with Crippen LogP contribution in [0.2, 0.25) is 0 Å². The number of unbranched alkanes of at least 4 members (excludes halogenated alkanes) is 1. The van der Waals surface area contributed by atoms with Gasteiger partial charge >= 0.3 is 11.9 Å². The second-order valence-electron chi connectivity index (χ2n) is 3.74. The monoisotopic (exact) mass is 275 g/mol. The maximum absolute atomic E-state index is 9.90. The molecule has 0 unspecified atom stereocenters. The molecule has 0 aromatic carbocycles. The average molecular weight is 275 g/mol. The van der Waals surface area contributed by atoms with Crippen molar-refractivity contribution in [3.05, 3.63) is 0 Å². The van der Waals surface area contributed by atoms with Crippen molar-refractivity contribution >= 4 is 23.9 Å². The van der Waals surface area contributed by atoms with Gasteiger partial charge in [0.1, 0.15) is 0 Å². The molecule has 0 fully saturated rings. The Kier molecular flexibility index (Phi) is 10.8. The molecule has 0 atom stereocenters. The first-order chi connectivity index (χ1) is 8.66. The van der Waals surface area contributed by atoms with Crippen molar-refractivity contribution in [3.63, 3.8) is 0 Å². The predicted octanol–water partition coefficient (Wildman–Crippen LogP) is -0.528. The number of aliphatic carboxylic acids is 2. The van der Waals surface area contributed by atoms with Crippen molar-refractivity contribution in [2.45, 2.75) is 25.7 Å². The SMILES string of the molecule is CN(C)C(N)=NC(=N)N.O=C(O)CCCCC(=O)O. The van der Waals surface area contributed by atoms with Crippen molar-refractivity contribution in [2.24, 2.45) is 16.5 Å². The second-order valence-corrected chi connectivity index (χ2v) is 3.74. The van der Waals surface area contributed by atoms with Gasteiger partial charge < -0.3 is 26.6 Å². The van der Waals surface area contributed by atoms with E-state index in [0.29, 0.717) is 12.8 Å². The number of aliphatic imine (C=N–C) groups is 1. The molecule has 0 amide bonds. The first-order valence-corrected chi connectivity index (χ1v) is 5.46. The van der Waals surface area contributed by atoms with E-state index in [2.05, 4.69) is 4.99 Å². The summed E-state index contributed by atoms with van der Waals surface area (Å²) in [5, 5.41) is 23.0. The highest BCUT2D eigenvalue weighted by Gasteiger charge is 1.99. The van der Waals surface area contributed by atoms with Gasteiger partial charge in [-0.3, -0.25) is 15.0 Å². The summed E-state index contributed by atoms with van der Waals surface area (Å²) in [6.45, 7) is 0. The van der Waals surface area contributed by atoms with Gasteiger partial charge in [0, 0.05) is 26.9 Å². The van der Waals surface area contributed by atoms with Gasteiger partial charge in [-0.25, -0.2) is 0 Å². The van der Waals surface area contributed by atoms with Gasteiger partial charge in [-0.1, -0.05) is 0 Å². The van der Waals surface area contributed by atoms with Crippen LogP contribution >= 0.6 is 0 Å². The van der Waals surface area contributed by atoms with Crippen molar-refractivity contribution in [1.29, 1.82) is 5.41 Å². The zero-order chi connectivity index (χ0) is 15.4. The highest BCUT2D eigenvalue weighted by molar-refractivity contribution is 5.91. The molecule has 0 saturated heterocycles. The first kappa shape index (κ1) is 19.0. The smallest absolute Gasteiger partial charge is 0.303 e. The van der Waals surface area contributed by atoms with Gasteiger partial charge in [-0.2, -0.15) is 4.99 Å². The number of carbonyl (C=O) groups is 2. The van der Waals surface area contributed by atoms with Crippen LogP contribution in [-0.4, -0.2) is 53.1 Å². The lowest BCUT2D eigenvalue weighted by Gasteiger charge is -2.08. The minimum absolute atomic E-state index is 0.0628. The second kappa shape index (κ2) is 10.8. The maximum atomic E-state index is 9.90. The predicted molar refractivity (Wildman–Crippen MR) is 71.0 cm³/mol. The lowest BCUT2D eigenvalue weighted by Crippen LogP contribution is -2.32. The van der Waals surface area contributed by atoms with Gasteiger partial charge in [-0.05, 0) is 12.8 Å². The molecule has 0 heterocycles. The van der Waals surface area contributed by atoms with Gasteiger partial charge in [0.15, 0.2) is 5.96 Å². The summed E-state index contributed by atoms with van der Waals surface area (Å²) in [6, 6.07) is 0. The van der Waals surface area contributed by atoms with E-state index in [1.54, 1.807) is 19.0 Å². The minimum atomic E-state index is -0.870. The van der Waals surface area contributed by atoms with Crippen LogP contribution < -0.4 is 11.5 Å². The first-order valence-electron chi connectivity index (χ1n) is 5.46. The molecule has 0 radical (unpaired) electrons. The summed E-state index contributed by atoms with van der Waals surface area (Å²) in [5.74, 6) is -1.78. The maximum Gasteiger partial charge on any atom is 0.303 e. The third-order valence-corrected chi connectivity index (χ3v) is 1.72. The molecule has 19 heavy (non-hydrogen) atoms. The van der Waals surface area contributed by atoms with Crippen LogP contribution in [-0.2, 0) is 9.59 Å². The van der Waals surface area contributed by atoms with Crippen molar-refractivity contribution in [1.82, 2.24) is 4.90 Å². The van der Waals surface area contributed by atoms with Crippen molar-refractivity contribution in [2.75, 3.05) is 14.1 Å². The summed E-state index contributed by atoms with van der Waals surface area (Å²) in [7, 11) is 3.45. The molecule has 0 aromatic rings. The number of hydrogen-bond donors (Lipinski definition) is 5. The summed E-state index contributed by atoms with van der Waals surface area (Å²) < 4.78 is 0. The largest absolute Gasteiger partial charge is 0.481 e. The fraction of sp³-hybridized carbons (Fsp3) is 0.600. The van der Waals surface area contributed by atoms with Gasteiger partial charge in [0.05, 0.1) is 0 Å².